The van der Waals surface area contributed by atoms with Gasteiger partial charge in [-0.2, -0.15) is 0 Å². The number of nitrogens with two attached hydrogens (primary N) is 1. The second-order valence-electron chi connectivity index (χ2n) is 6.09. The van der Waals surface area contributed by atoms with Gasteiger partial charge < -0.3 is 15.7 Å². The number of aliphatic hydroxyl groups excluding tert-OH is 1. The Labute approximate surface area is 132 Å². The molecule has 1 saturated heterocycles. The Balaban J connectivity index is 1.92. The van der Waals surface area contributed by atoms with Crippen molar-refractivity contribution in [2.45, 2.75) is 44.8 Å². The number of carbonyl (C=O) groups is 1. The number of rotatable bonds is 2. The molecule has 0 aromatic carbocycles. The summed E-state index contributed by atoms with van der Waals surface area (Å²) < 4.78 is 0. The van der Waals surface area contributed by atoms with Crippen LogP contribution in [0.25, 0.3) is 10.2 Å². The van der Waals surface area contributed by atoms with Gasteiger partial charge in [-0.15, -0.1) is 11.3 Å². The minimum absolute atomic E-state index is 0.367. The zero-order valence-electron chi connectivity index (χ0n) is 12.4. The van der Waals surface area contributed by atoms with Crippen molar-refractivity contribution in [3.05, 3.63) is 16.3 Å². The smallest absolute Gasteiger partial charge is 0.240 e. The molecular formula is C15H18N4O2S. The van der Waals surface area contributed by atoms with Crippen LogP contribution < -0.4 is 10.6 Å². The number of aliphatic hydroxyl groups is 1. The van der Waals surface area contributed by atoms with Gasteiger partial charge in [0.15, 0.2) is 0 Å². The van der Waals surface area contributed by atoms with Crippen molar-refractivity contribution in [1.29, 1.82) is 0 Å². The zero-order chi connectivity index (χ0) is 15.4. The standard InChI is InChI=1S/C15H18N4O2S/c1-7-17-14(19-6-8(20)5-10(19)13(16)21)12-9-3-2-4-11(9)22-15(12)18-7/h8,10,20H,2-6H2,1H3,(H2,16,21)/t8-,10-/m1/s1. The predicted octanol–water partition coefficient (Wildman–Crippen LogP) is 0.913. The van der Waals surface area contributed by atoms with Crippen LogP contribution in [0.3, 0.4) is 0 Å². The summed E-state index contributed by atoms with van der Waals surface area (Å²) in [5.74, 6) is 1.04. The molecule has 4 rings (SSSR count). The molecule has 0 saturated carbocycles. The summed E-state index contributed by atoms with van der Waals surface area (Å²) in [6.07, 6.45) is 3.11. The van der Waals surface area contributed by atoms with Crippen LogP contribution in [0.4, 0.5) is 5.82 Å². The summed E-state index contributed by atoms with van der Waals surface area (Å²) in [4.78, 5) is 25.2. The summed E-state index contributed by atoms with van der Waals surface area (Å²) >= 11 is 1.73. The quantitative estimate of drug-likeness (QED) is 0.859. The highest BCUT2D eigenvalue weighted by Gasteiger charge is 2.37. The normalized spacial score (nSPS) is 24.2. The summed E-state index contributed by atoms with van der Waals surface area (Å²) in [5, 5.41) is 11.0. The second-order valence-corrected chi connectivity index (χ2v) is 7.18. The average molecular weight is 318 g/mol. The fourth-order valence-corrected chi connectivity index (χ4v) is 4.91. The first-order valence-corrected chi connectivity index (χ1v) is 8.39. The number of amides is 1. The van der Waals surface area contributed by atoms with E-state index in [2.05, 4.69) is 9.97 Å². The number of hydrogen-bond acceptors (Lipinski definition) is 6. The van der Waals surface area contributed by atoms with E-state index < -0.39 is 18.1 Å². The second kappa shape index (κ2) is 4.89. The molecule has 2 aromatic heterocycles. The lowest BCUT2D eigenvalue weighted by atomic mass is 10.1. The van der Waals surface area contributed by atoms with Crippen LogP contribution >= 0.6 is 11.3 Å². The van der Waals surface area contributed by atoms with E-state index in [0.29, 0.717) is 18.8 Å². The van der Waals surface area contributed by atoms with Gasteiger partial charge in [0.1, 0.15) is 22.5 Å². The molecule has 0 bridgehead atoms. The Hall–Kier alpha value is -1.73. The molecule has 2 aliphatic rings. The molecule has 3 N–H and O–H groups in total. The Bertz CT molecular complexity index is 772. The monoisotopic (exact) mass is 318 g/mol. The maximum Gasteiger partial charge on any atom is 0.240 e. The van der Waals surface area contributed by atoms with Crippen LogP contribution in [-0.4, -0.2) is 39.7 Å². The Kier molecular flexibility index (Phi) is 3.09. The van der Waals surface area contributed by atoms with Crippen molar-refractivity contribution >= 4 is 33.3 Å². The van der Waals surface area contributed by atoms with Gasteiger partial charge in [-0.3, -0.25) is 4.79 Å². The van der Waals surface area contributed by atoms with Gasteiger partial charge in [-0.05, 0) is 31.7 Å². The van der Waals surface area contributed by atoms with E-state index in [1.54, 1.807) is 11.3 Å². The van der Waals surface area contributed by atoms with Crippen molar-refractivity contribution < 1.29 is 9.90 Å². The number of nitrogens with zero attached hydrogens (tertiary/aromatic N) is 3. The minimum atomic E-state index is -0.547. The number of anilines is 1. The first-order chi connectivity index (χ1) is 10.5. The van der Waals surface area contributed by atoms with E-state index in [0.717, 1.165) is 35.3 Å². The molecule has 2 atom stereocenters. The molecule has 3 heterocycles. The molecule has 1 amide bonds. The van der Waals surface area contributed by atoms with E-state index in [1.807, 2.05) is 11.8 Å². The van der Waals surface area contributed by atoms with Crippen molar-refractivity contribution in [2.24, 2.45) is 5.73 Å². The lowest BCUT2D eigenvalue weighted by Gasteiger charge is -2.24. The fraction of sp³-hybridized carbons (Fsp3) is 0.533. The summed E-state index contributed by atoms with van der Waals surface area (Å²) in [7, 11) is 0. The highest BCUT2D eigenvalue weighted by atomic mass is 32.1. The number of aromatic nitrogens is 2. The van der Waals surface area contributed by atoms with Gasteiger partial charge in [0, 0.05) is 17.8 Å². The van der Waals surface area contributed by atoms with Gasteiger partial charge in [0.25, 0.3) is 0 Å². The van der Waals surface area contributed by atoms with Crippen LogP contribution in [0.2, 0.25) is 0 Å². The molecule has 1 aliphatic heterocycles. The molecular weight excluding hydrogens is 300 g/mol. The largest absolute Gasteiger partial charge is 0.391 e. The third kappa shape index (κ3) is 1.99. The van der Waals surface area contributed by atoms with Crippen molar-refractivity contribution in [1.82, 2.24) is 9.97 Å². The van der Waals surface area contributed by atoms with Gasteiger partial charge >= 0.3 is 0 Å². The van der Waals surface area contributed by atoms with Crippen molar-refractivity contribution in [2.75, 3.05) is 11.4 Å². The summed E-state index contributed by atoms with van der Waals surface area (Å²) in [6.45, 7) is 2.25. The number of primary amides is 1. The summed E-state index contributed by atoms with van der Waals surface area (Å²) in [5.41, 5.74) is 6.84. The van der Waals surface area contributed by atoms with Gasteiger partial charge in [-0.25, -0.2) is 9.97 Å². The number of aryl methyl sites for hydroxylation is 3. The van der Waals surface area contributed by atoms with E-state index in [1.165, 1.54) is 10.4 Å². The molecule has 1 aliphatic carbocycles. The van der Waals surface area contributed by atoms with Crippen LogP contribution in [0, 0.1) is 6.92 Å². The van der Waals surface area contributed by atoms with E-state index in [-0.39, 0.29) is 0 Å². The lowest BCUT2D eigenvalue weighted by molar-refractivity contribution is -0.119. The van der Waals surface area contributed by atoms with Crippen molar-refractivity contribution in [3.8, 4) is 0 Å². The highest BCUT2D eigenvalue weighted by molar-refractivity contribution is 7.19. The third-order valence-corrected chi connectivity index (χ3v) is 5.72. The Morgan fingerprint density at radius 3 is 3.00 bits per heavy atom. The predicted molar refractivity (Wildman–Crippen MR) is 85.1 cm³/mol. The number of fused-ring (bicyclic) bond motifs is 3. The lowest BCUT2D eigenvalue weighted by Crippen LogP contribution is -2.41. The van der Waals surface area contributed by atoms with Crippen LogP contribution in [0.1, 0.15) is 29.1 Å². The van der Waals surface area contributed by atoms with Crippen LogP contribution in [0.5, 0.6) is 0 Å². The number of carbonyl (C=O) groups excluding carboxylic acids is 1. The van der Waals surface area contributed by atoms with E-state index in [4.69, 9.17) is 5.73 Å². The average Bonchev–Trinajstić information content (AvgIpc) is 3.10. The summed E-state index contributed by atoms with van der Waals surface area (Å²) in [6, 6.07) is -0.496. The Morgan fingerprint density at radius 1 is 1.41 bits per heavy atom. The minimum Gasteiger partial charge on any atom is -0.391 e. The first kappa shape index (κ1) is 13.9. The van der Waals surface area contributed by atoms with Crippen LogP contribution in [0.15, 0.2) is 0 Å². The molecule has 0 unspecified atom stereocenters. The molecule has 0 spiro atoms. The number of hydrogen-bond donors (Lipinski definition) is 2. The van der Waals surface area contributed by atoms with Crippen molar-refractivity contribution in [3.63, 3.8) is 0 Å². The maximum absolute atomic E-state index is 11.8. The SMILES string of the molecule is Cc1nc(N2C[C@H](O)C[C@@H]2C(N)=O)c2c3c(sc2n1)CCC3. The maximum atomic E-state index is 11.8. The zero-order valence-corrected chi connectivity index (χ0v) is 13.2. The molecule has 22 heavy (non-hydrogen) atoms. The Morgan fingerprint density at radius 2 is 2.23 bits per heavy atom. The fourth-order valence-electron chi connectivity index (χ4n) is 3.61. The third-order valence-electron chi connectivity index (χ3n) is 4.54. The van der Waals surface area contributed by atoms with Gasteiger partial charge in [0.05, 0.1) is 11.5 Å². The van der Waals surface area contributed by atoms with Gasteiger partial charge in [-0.1, -0.05) is 0 Å². The van der Waals surface area contributed by atoms with E-state index in [9.17, 15) is 9.90 Å². The topological polar surface area (TPSA) is 92.3 Å². The molecule has 0 radical (unpaired) electrons. The number of β-amino-alcohol motifs (C(OH)–C–C–N with tert-alkyl or cyclic N) is 1. The number of thiophene rings is 1. The molecule has 1 fully saturated rings. The molecule has 2 aromatic rings. The molecule has 116 valence electrons. The molecule has 6 nitrogen and oxygen atoms in total. The van der Waals surface area contributed by atoms with Crippen LogP contribution in [-0.2, 0) is 17.6 Å². The van der Waals surface area contributed by atoms with Gasteiger partial charge in [0.2, 0.25) is 5.91 Å². The first-order valence-electron chi connectivity index (χ1n) is 7.57. The van der Waals surface area contributed by atoms with E-state index >= 15 is 0 Å². The highest BCUT2D eigenvalue weighted by Crippen LogP contribution is 2.41. The molecule has 7 heteroatoms.